The third kappa shape index (κ3) is 2.68. The highest BCUT2D eigenvalue weighted by Gasteiger charge is 2.44. The molecule has 0 unspecified atom stereocenters. The molecular formula is C10H12IN5O4S. The summed E-state index contributed by atoms with van der Waals surface area (Å²) in [5.41, 5.74) is 6.58. The molecule has 0 radical (unpaired) electrons. The average molecular weight is 425 g/mol. The van der Waals surface area contributed by atoms with E-state index in [9.17, 15) is 10.2 Å². The zero-order valence-corrected chi connectivity index (χ0v) is 13.5. The van der Waals surface area contributed by atoms with Crippen molar-refractivity contribution in [2.24, 2.45) is 0 Å². The van der Waals surface area contributed by atoms with Crippen molar-refractivity contribution in [3.8, 4) is 0 Å². The second-order valence-corrected chi connectivity index (χ2v) is 5.92. The third-order valence-corrected chi connectivity index (χ3v) is 4.26. The first kappa shape index (κ1) is 15.2. The first-order valence-corrected chi connectivity index (χ1v) is 9.26. The number of aliphatic hydroxyl groups is 2. The molecule has 4 atom stereocenters. The Labute approximate surface area is 135 Å². The smallest absolute Gasteiger partial charge is 0.167 e. The Hall–Kier alpha value is -0.730. The van der Waals surface area contributed by atoms with Crippen LogP contribution in [-0.2, 0) is 8.92 Å². The molecule has 9 nitrogen and oxygen atoms in total. The van der Waals surface area contributed by atoms with Gasteiger partial charge < -0.3 is 24.9 Å². The predicted molar refractivity (Wildman–Crippen MR) is 83.2 cm³/mol. The Bertz CT molecular complexity index is 643. The summed E-state index contributed by atoms with van der Waals surface area (Å²) in [5.74, 6) is 0.244. The van der Waals surface area contributed by atoms with Gasteiger partial charge in [0.15, 0.2) is 17.7 Å². The Morgan fingerprint density at radius 1 is 1.38 bits per heavy atom. The molecule has 3 rings (SSSR count). The zero-order valence-electron chi connectivity index (χ0n) is 10.5. The van der Waals surface area contributed by atoms with Crippen molar-refractivity contribution in [1.82, 2.24) is 19.5 Å². The molecule has 0 spiro atoms. The van der Waals surface area contributed by atoms with E-state index >= 15 is 0 Å². The van der Waals surface area contributed by atoms with Gasteiger partial charge in [-0.3, -0.25) is 4.57 Å². The van der Waals surface area contributed by atoms with E-state index in [4.69, 9.17) is 14.7 Å². The summed E-state index contributed by atoms with van der Waals surface area (Å²) in [6.07, 6.45) is -0.870. The lowest BCUT2D eigenvalue weighted by Crippen LogP contribution is -2.33. The Kier molecular flexibility index (Phi) is 4.46. The summed E-state index contributed by atoms with van der Waals surface area (Å²) < 4.78 is 12.3. The van der Waals surface area contributed by atoms with Crippen LogP contribution in [0.1, 0.15) is 6.23 Å². The van der Waals surface area contributed by atoms with E-state index in [1.165, 1.54) is 17.2 Å². The molecule has 0 saturated carbocycles. The molecule has 2 aromatic heterocycles. The molecular weight excluding hydrogens is 413 g/mol. The Morgan fingerprint density at radius 2 is 2.19 bits per heavy atom. The number of nitrogen functional groups attached to an aromatic ring is 1. The number of nitrogens with zero attached hydrogens (tertiary/aromatic N) is 4. The Balaban J connectivity index is 1.90. The zero-order chi connectivity index (χ0) is 15.0. The maximum absolute atomic E-state index is 10.2. The van der Waals surface area contributed by atoms with Crippen LogP contribution in [0.2, 0.25) is 0 Å². The van der Waals surface area contributed by atoms with Gasteiger partial charge in [-0.05, 0) is 0 Å². The number of nitrogens with two attached hydrogens (primary N) is 1. The van der Waals surface area contributed by atoms with Crippen molar-refractivity contribution >= 4 is 47.4 Å². The maximum Gasteiger partial charge on any atom is 0.167 e. The van der Waals surface area contributed by atoms with E-state index in [-0.39, 0.29) is 12.4 Å². The number of hydrogen-bond acceptors (Lipinski definition) is 9. The minimum absolute atomic E-state index is 0.159. The van der Waals surface area contributed by atoms with Crippen molar-refractivity contribution in [3.05, 3.63) is 12.7 Å². The summed E-state index contributed by atoms with van der Waals surface area (Å²) in [4.78, 5) is 12.1. The van der Waals surface area contributed by atoms with E-state index in [1.807, 2.05) is 21.2 Å². The molecule has 2 aromatic rings. The van der Waals surface area contributed by atoms with Gasteiger partial charge in [0.1, 0.15) is 30.2 Å². The molecule has 0 bridgehead atoms. The molecule has 4 N–H and O–H groups in total. The molecule has 21 heavy (non-hydrogen) atoms. The molecule has 1 aliphatic heterocycles. The van der Waals surface area contributed by atoms with Gasteiger partial charge in [0.05, 0.1) is 22.1 Å². The van der Waals surface area contributed by atoms with Gasteiger partial charge in [-0.15, -0.1) is 0 Å². The van der Waals surface area contributed by atoms with Gasteiger partial charge in [-0.1, -0.05) is 0 Å². The lowest BCUT2D eigenvalue weighted by Gasteiger charge is -2.16. The van der Waals surface area contributed by atoms with Crippen LogP contribution < -0.4 is 5.73 Å². The summed E-state index contributed by atoms with van der Waals surface area (Å²) in [7, 11) is 1.14. The van der Waals surface area contributed by atoms with E-state index in [0.29, 0.717) is 11.2 Å². The first-order chi connectivity index (χ1) is 10.1. The second kappa shape index (κ2) is 6.18. The predicted octanol–water partition coefficient (Wildman–Crippen LogP) is 0.0425. The standard InChI is InChI=1S/C10H12IN5O4S/c11-21-19-1-4-6(17)7(18)10(20-4)16-3-15-5-8(12)13-2-14-9(5)16/h2-4,6-7,10,17-18H,1H2,(H2,12,13,14)/t4-,6+,7-,10-/m1/s1. The van der Waals surface area contributed by atoms with E-state index in [2.05, 4.69) is 15.0 Å². The molecule has 0 aromatic carbocycles. The van der Waals surface area contributed by atoms with Gasteiger partial charge in [0.2, 0.25) is 0 Å². The molecule has 11 heteroatoms. The lowest BCUT2D eigenvalue weighted by atomic mass is 10.1. The lowest BCUT2D eigenvalue weighted by molar-refractivity contribution is -0.0451. The van der Waals surface area contributed by atoms with Crippen molar-refractivity contribution in [2.75, 3.05) is 12.3 Å². The van der Waals surface area contributed by atoms with Gasteiger partial charge in [-0.25, -0.2) is 15.0 Å². The average Bonchev–Trinajstić information content (AvgIpc) is 3.02. The van der Waals surface area contributed by atoms with Crippen molar-refractivity contribution < 1.29 is 19.1 Å². The molecule has 114 valence electrons. The molecule has 0 amide bonds. The van der Waals surface area contributed by atoms with Gasteiger partial charge in [0.25, 0.3) is 0 Å². The molecule has 3 heterocycles. The van der Waals surface area contributed by atoms with Crippen LogP contribution in [0.4, 0.5) is 5.82 Å². The van der Waals surface area contributed by atoms with Crippen molar-refractivity contribution in [2.45, 2.75) is 24.5 Å². The molecule has 1 fully saturated rings. The number of fused-ring (bicyclic) bond motifs is 1. The summed E-state index contributed by atoms with van der Waals surface area (Å²) >= 11 is 1.97. The number of hydrogen-bond donors (Lipinski definition) is 3. The second-order valence-electron chi connectivity index (χ2n) is 4.48. The highest BCUT2D eigenvalue weighted by molar-refractivity contribution is 14.2. The van der Waals surface area contributed by atoms with Crippen LogP contribution in [0.25, 0.3) is 11.2 Å². The van der Waals surface area contributed by atoms with Crippen LogP contribution in [0.3, 0.4) is 0 Å². The molecule has 1 saturated heterocycles. The minimum atomic E-state index is -1.12. The SMILES string of the molecule is Nc1ncnc2c1ncn2[C@@H]1O[C@H](COSI)[C@H](O)[C@H]1O. The number of rotatable bonds is 4. The van der Waals surface area contributed by atoms with E-state index in [1.54, 1.807) is 0 Å². The van der Waals surface area contributed by atoms with Gasteiger partial charge in [0, 0.05) is 21.2 Å². The topological polar surface area (TPSA) is 129 Å². The highest BCUT2D eigenvalue weighted by Crippen LogP contribution is 2.32. The number of anilines is 1. The molecule has 1 aliphatic rings. The highest BCUT2D eigenvalue weighted by atomic mass is 127. The van der Waals surface area contributed by atoms with Crippen LogP contribution in [-0.4, -0.2) is 54.7 Å². The molecule has 0 aliphatic carbocycles. The number of halogens is 1. The van der Waals surface area contributed by atoms with Crippen LogP contribution in [0, 0.1) is 0 Å². The van der Waals surface area contributed by atoms with Crippen molar-refractivity contribution in [3.63, 3.8) is 0 Å². The van der Waals surface area contributed by atoms with Crippen LogP contribution >= 0.6 is 30.4 Å². The van der Waals surface area contributed by atoms with E-state index < -0.39 is 24.5 Å². The quantitative estimate of drug-likeness (QED) is 0.460. The summed E-state index contributed by atoms with van der Waals surface area (Å²) in [5, 5.41) is 20.2. The fourth-order valence-electron chi connectivity index (χ4n) is 2.25. The number of ether oxygens (including phenoxy) is 1. The first-order valence-electron chi connectivity index (χ1n) is 5.98. The normalized spacial score (nSPS) is 29.3. The number of aromatic nitrogens is 4. The fourth-order valence-corrected chi connectivity index (χ4v) is 2.87. The fraction of sp³-hybridized carbons (Fsp3) is 0.500. The van der Waals surface area contributed by atoms with E-state index in [0.717, 1.165) is 9.21 Å². The summed E-state index contributed by atoms with van der Waals surface area (Å²) in [6.45, 7) is 0.159. The van der Waals surface area contributed by atoms with Gasteiger partial charge >= 0.3 is 0 Å². The van der Waals surface area contributed by atoms with Gasteiger partial charge in [-0.2, -0.15) is 0 Å². The monoisotopic (exact) mass is 425 g/mol. The maximum atomic E-state index is 10.2. The minimum Gasteiger partial charge on any atom is -0.387 e. The summed E-state index contributed by atoms with van der Waals surface area (Å²) in [6, 6.07) is 0. The van der Waals surface area contributed by atoms with Crippen LogP contribution in [0.5, 0.6) is 0 Å². The largest absolute Gasteiger partial charge is 0.387 e. The third-order valence-electron chi connectivity index (χ3n) is 3.28. The van der Waals surface area contributed by atoms with Crippen molar-refractivity contribution in [1.29, 1.82) is 0 Å². The Morgan fingerprint density at radius 3 is 2.95 bits per heavy atom. The number of imidazole rings is 1. The number of aliphatic hydroxyl groups excluding tert-OH is 2. The van der Waals surface area contributed by atoms with Crippen LogP contribution in [0.15, 0.2) is 12.7 Å².